The number of esters is 1. The maximum Gasteiger partial charge on any atom is 0.319 e. The van der Waals surface area contributed by atoms with Gasteiger partial charge in [0.2, 0.25) is 0 Å². The van der Waals surface area contributed by atoms with Gasteiger partial charge >= 0.3 is 5.97 Å². The van der Waals surface area contributed by atoms with E-state index in [-0.39, 0.29) is 11.2 Å². The third-order valence-corrected chi connectivity index (χ3v) is 6.53. The smallest absolute Gasteiger partial charge is 0.319 e. The largest absolute Gasteiger partial charge is 0.486 e. The molecule has 0 radical (unpaired) electrons. The lowest BCUT2D eigenvalue weighted by Gasteiger charge is -2.26. The molecule has 1 aliphatic rings. The Kier molecular flexibility index (Phi) is 7.84. The van der Waals surface area contributed by atoms with E-state index in [9.17, 15) is 4.79 Å². The predicted molar refractivity (Wildman–Crippen MR) is 115 cm³/mol. The van der Waals surface area contributed by atoms with Crippen molar-refractivity contribution in [1.29, 1.82) is 0 Å². The number of ether oxygens (including phenoxy) is 2. The van der Waals surface area contributed by atoms with Crippen LogP contribution in [0.1, 0.15) is 63.4 Å². The number of aryl methyl sites for hydroxylation is 1. The molecule has 29 heavy (non-hydrogen) atoms. The van der Waals surface area contributed by atoms with Gasteiger partial charge in [-0.1, -0.05) is 42.6 Å². The van der Waals surface area contributed by atoms with E-state index >= 15 is 0 Å². The molecule has 1 aromatic heterocycles. The van der Waals surface area contributed by atoms with E-state index < -0.39 is 0 Å². The van der Waals surface area contributed by atoms with Gasteiger partial charge in [0, 0.05) is 11.1 Å². The molecule has 0 bridgehead atoms. The number of benzene rings is 1. The van der Waals surface area contributed by atoms with Gasteiger partial charge in [0.15, 0.2) is 11.0 Å². The number of hydrogen-bond donors (Lipinski definition) is 0. The van der Waals surface area contributed by atoms with Gasteiger partial charge in [-0.25, -0.2) is 0 Å². The normalized spacial score (nSPS) is 15.9. The van der Waals surface area contributed by atoms with Crippen molar-refractivity contribution in [2.24, 2.45) is 0 Å². The minimum atomic E-state index is -0.339. The zero-order valence-electron chi connectivity index (χ0n) is 17.2. The van der Waals surface area contributed by atoms with Crippen LogP contribution < -0.4 is 4.74 Å². The topological polar surface area (TPSA) is 66.2 Å². The molecule has 0 amide bonds. The summed E-state index contributed by atoms with van der Waals surface area (Å²) in [7, 11) is 0. The highest BCUT2D eigenvalue weighted by atomic mass is 35.5. The van der Waals surface area contributed by atoms with Crippen molar-refractivity contribution in [1.82, 2.24) is 14.8 Å². The molecule has 1 saturated carbocycles. The number of carbonyl (C=O) groups excluding carboxylic acids is 1. The van der Waals surface area contributed by atoms with Gasteiger partial charge in [-0.3, -0.25) is 9.36 Å². The maximum atomic E-state index is 12.1. The van der Waals surface area contributed by atoms with Crippen LogP contribution in [0.4, 0.5) is 0 Å². The van der Waals surface area contributed by atoms with Gasteiger partial charge in [0.25, 0.3) is 0 Å². The molecular weight excluding hydrogens is 410 g/mol. The van der Waals surface area contributed by atoms with Crippen LogP contribution in [0, 0.1) is 6.92 Å². The Labute approximate surface area is 181 Å². The lowest BCUT2D eigenvalue weighted by atomic mass is 9.95. The Balaban J connectivity index is 1.79. The van der Waals surface area contributed by atoms with E-state index in [1.54, 1.807) is 0 Å². The zero-order chi connectivity index (χ0) is 20.8. The molecule has 1 aromatic carbocycles. The van der Waals surface area contributed by atoms with E-state index in [1.807, 2.05) is 39.0 Å². The molecule has 158 valence electrons. The van der Waals surface area contributed by atoms with Gasteiger partial charge < -0.3 is 9.47 Å². The summed E-state index contributed by atoms with van der Waals surface area (Å²) in [5, 5.41) is 9.91. The molecule has 1 unspecified atom stereocenters. The second-order valence-corrected chi connectivity index (χ2v) is 8.99. The SMILES string of the molecule is CCOC(=O)C(C)Sc1nnc(COc2ccc(Cl)c(C)c2)n1C1CCCCC1. The fourth-order valence-corrected chi connectivity index (χ4v) is 4.57. The highest BCUT2D eigenvalue weighted by molar-refractivity contribution is 8.00. The lowest BCUT2D eigenvalue weighted by molar-refractivity contribution is -0.142. The number of halogens is 1. The van der Waals surface area contributed by atoms with E-state index in [0.717, 1.165) is 40.2 Å². The quantitative estimate of drug-likeness (QED) is 0.408. The Bertz CT molecular complexity index is 837. The van der Waals surface area contributed by atoms with Crippen LogP contribution in [-0.4, -0.2) is 32.6 Å². The molecule has 8 heteroatoms. The van der Waals surface area contributed by atoms with Crippen molar-refractivity contribution in [3.8, 4) is 5.75 Å². The standard InChI is InChI=1S/C21H28ClN3O3S/c1-4-27-20(26)15(3)29-21-24-23-19(25(21)16-8-6-5-7-9-16)13-28-17-10-11-18(22)14(2)12-17/h10-12,15-16H,4-9,13H2,1-3H3. The number of thioether (sulfide) groups is 1. The fraction of sp³-hybridized carbons (Fsp3) is 0.571. The molecule has 0 saturated heterocycles. The van der Waals surface area contributed by atoms with Crippen LogP contribution in [0.5, 0.6) is 5.75 Å². The molecule has 1 fully saturated rings. The van der Waals surface area contributed by atoms with Gasteiger partial charge in [-0.15, -0.1) is 10.2 Å². The highest BCUT2D eigenvalue weighted by Gasteiger charge is 2.26. The number of hydrogen-bond acceptors (Lipinski definition) is 6. The second-order valence-electron chi connectivity index (χ2n) is 7.27. The maximum absolute atomic E-state index is 12.1. The first-order valence-corrected chi connectivity index (χ1v) is 11.4. The van der Waals surface area contributed by atoms with Crippen molar-refractivity contribution < 1.29 is 14.3 Å². The van der Waals surface area contributed by atoms with E-state index in [0.29, 0.717) is 19.3 Å². The van der Waals surface area contributed by atoms with Crippen LogP contribution in [0.15, 0.2) is 23.4 Å². The molecular formula is C21H28ClN3O3S. The summed E-state index contributed by atoms with van der Waals surface area (Å²) in [5.74, 6) is 1.30. The first-order valence-electron chi connectivity index (χ1n) is 10.2. The lowest BCUT2D eigenvalue weighted by Crippen LogP contribution is -2.20. The monoisotopic (exact) mass is 437 g/mol. The van der Waals surface area contributed by atoms with Gasteiger partial charge in [-0.05, 0) is 57.4 Å². The Hall–Kier alpha value is -1.73. The van der Waals surface area contributed by atoms with Crippen LogP contribution in [0.3, 0.4) is 0 Å². The summed E-state index contributed by atoms with van der Waals surface area (Å²) in [6.07, 6.45) is 5.82. The minimum Gasteiger partial charge on any atom is -0.486 e. The van der Waals surface area contributed by atoms with Crippen LogP contribution >= 0.6 is 23.4 Å². The molecule has 1 aliphatic carbocycles. The summed E-state index contributed by atoms with van der Waals surface area (Å²) in [4.78, 5) is 12.1. The molecule has 3 rings (SSSR count). The third kappa shape index (κ3) is 5.66. The van der Waals surface area contributed by atoms with Crippen LogP contribution in [0.2, 0.25) is 5.02 Å². The average Bonchev–Trinajstić information content (AvgIpc) is 3.12. The van der Waals surface area contributed by atoms with Gasteiger partial charge in [-0.2, -0.15) is 0 Å². The van der Waals surface area contributed by atoms with Crippen molar-refractivity contribution >= 4 is 29.3 Å². The fourth-order valence-electron chi connectivity index (χ4n) is 3.51. The first kappa shape index (κ1) is 22.0. The molecule has 6 nitrogen and oxygen atoms in total. The molecule has 1 heterocycles. The number of carbonyl (C=O) groups is 1. The minimum absolute atomic E-state index is 0.231. The molecule has 1 atom stereocenters. The molecule has 0 spiro atoms. The van der Waals surface area contributed by atoms with E-state index in [4.69, 9.17) is 21.1 Å². The second kappa shape index (κ2) is 10.3. The first-order chi connectivity index (χ1) is 14.0. The third-order valence-electron chi connectivity index (χ3n) is 5.07. The summed E-state index contributed by atoms with van der Waals surface area (Å²) < 4.78 is 13.3. The van der Waals surface area contributed by atoms with Gasteiger partial charge in [0.05, 0.1) is 6.61 Å². The Morgan fingerprint density at radius 3 is 2.76 bits per heavy atom. The van der Waals surface area contributed by atoms with Crippen LogP contribution in [0.25, 0.3) is 0 Å². The van der Waals surface area contributed by atoms with E-state index in [1.165, 1.54) is 31.0 Å². The van der Waals surface area contributed by atoms with Crippen molar-refractivity contribution in [2.45, 2.75) is 75.9 Å². The van der Waals surface area contributed by atoms with Crippen molar-refractivity contribution in [3.63, 3.8) is 0 Å². The van der Waals surface area contributed by atoms with Crippen molar-refractivity contribution in [3.05, 3.63) is 34.6 Å². The Morgan fingerprint density at radius 1 is 1.31 bits per heavy atom. The molecule has 0 N–H and O–H groups in total. The zero-order valence-corrected chi connectivity index (χ0v) is 18.8. The van der Waals surface area contributed by atoms with E-state index in [2.05, 4.69) is 14.8 Å². The summed E-state index contributed by atoms with van der Waals surface area (Å²) in [5.41, 5.74) is 0.970. The van der Waals surface area contributed by atoms with Gasteiger partial charge in [0.1, 0.15) is 17.6 Å². The summed E-state index contributed by atoms with van der Waals surface area (Å²) >= 11 is 7.50. The molecule has 2 aromatic rings. The average molecular weight is 438 g/mol. The number of aromatic nitrogens is 3. The predicted octanol–water partition coefficient (Wildman–Crippen LogP) is 5.37. The number of rotatable bonds is 8. The summed E-state index contributed by atoms with van der Waals surface area (Å²) in [6.45, 7) is 6.30. The van der Waals surface area contributed by atoms with Crippen molar-refractivity contribution in [2.75, 3.05) is 6.61 Å². The Morgan fingerprint density at radius 2 is 2.07 bits per heavy atom. The van der Waals surface area contributed by atoms with Crippen LogP contribution in [-0.2, 0) is 16.1 Å². The summed E-state index contributed by atoms with van der Waals surface area (Å²) in [6, 6.07) is 5.94. The molecule has 0 aliphatic heterocycles. The number of nitrogens with zero attached hydrogens (tertiary/aromatic N) is 3. The highest BCUT2D eigenvalue weighted by Crippen LogP contribution is 2.34.